The van der Waals surface area contributed by atoms with E-state index in [1.807, 2.05) is 19.1 Å². The van der Waals surface area contributed by atoms with Gasteiger partial charge in [0.25, 0.3) is 0 Å². The van der Waals surface area contributed by atoms with E-state index in [1.54, 1.807) is 14.2 Å². The van der Waals surface area contributed by atoms with Crippen LogP contribution in [0.3, 0.4) is 0 Å². The van der Waals surface area contributed by atoms with Gasteiger partial charge in [0, 0.05) is 25.7 Å². The number of benzene rings is 1. The van der Waals surface area contributed by atoms with Crippen LogP contribution in [0.5, 0.6) is 17.2 Å². The van der Waals surface area contributed by atoms with Gasteiger partial charge in [-0.25, -0.2) is 4.99 Å². The molecule has 1 aliphatic heterocycles. The number of piperidine rings is 1. The summed E-state index contributed by atoms with van der Waals surface area (Å²) in [7, 11) is 3.28. The molecule has 1 fully saturated rings. The maximum atomic E-state index is 5.68. The van der Waals surface area contributed by atoms with Gasteiger partial charge >= 0.3 is 0 Å². The van der Waals surface area contributed by atoms with E-state index < -0.39 is 0 Å². The lowest BCUT2D eigenvalue weighted by Gasteiger charge is -2.33. The molecular formula is C23H40N4O3. The number of likely N-dealkylation sites (tertiary alicyclic amines) is 1. The first-order valence-corrected chi connectivity index (χ1v) is 11.3. The predicted molar refractivity (Wildman–Crippen MR) is 123 cm³/mol. The van der Waals surface area contributed by atoms with Crippen molar-refractivity contribution in [1.82, 2.24) is 15.5 Å². The van der Waals surface area contributed by atoms with E-state index in [1.165, 1.54) is 25.8 Å². The lowest BCUT2D eigenvalue weighted by Crippen LogP contribution is -2.41. The Balaban J connectivity index is 1.94. The lowest BCUT2D eigenvalue weighted by atomic mass is 10.0. The molecule has 2 N–H and O–H groups in total. The number of aliphatic imine (C=N–C) groups is 1. The van der Waals surface area contributed by atoms with Gasteiger partial charge in [0.1, 0.15) is 0 Å². The molecule has 0 bridgehead atoms. The molecule has 7 nitrogen and oxygen atoms in total. The summed E-state index contributed by atoms with van der Waals surface area (Å²) in [5.74, 6) is 2.79. The quantitative estimate of drug-likeness (QED) is 0.325. The zero-order valence-corrected chi connectivity index (χ0v) is 19.4. The minimum atomic E-state index is 0.525. The van der Waals surface area contributed by atoms with Crippen molar-refractivity contribution in [1.29, 1.82) is 0 Å². The summed E-state index contributed by atoms with van der Waals surface area (Å²) in [6.07, 6.45) is 5.14. The highest BCUT2D eigenvalue weighted by Gasteiger charge is 2.17. The van der Waals surface area contributed by atoms with Crippen molar-refractivity contribution in [3.05, 3.63) is 17.7 Å². The zero-order chi connectivity index (χ0) is 21.8. The molecular weight excluding hydrogens is 380 g/mol. The van der Waals surface area contributed by atoms with Crippen molar-refractivity contribution in [3.63, 3.8) is 0 Å². The third-order valence-corrected chi connectivity index (χ3v) is 5.43. The highest BCUT2D eigenvalue weighted by Crippen LogP contribution is 2.38. The number of rotatable bonds is 11. The van der Waals surface area contributed by atoms with Gasteiger partial charge in [0.05, 0.1) is 27.4 Å². The molecule has 30 heavy (non-hydrogen) atoms. The molecule has 0 amide bonds. The molecule has 2 rings (SSSR count). The summed E-state index contributed by atoms with van der Waals surface area (Å²) in [6.45, 7) is 11.5. The Bertz CT molecular complexity index is 641. The van der Waals surface area contributed by atoms with Gasteiger partial charge in [-0.3, -0.25) is 0 Å². The van der Waals surface area contributed by atoms with Crippen molar-refractivity contribution < 1.29 is 14.2 Å². The number of nitrogens with one attached hydrogen (secondary N) is 2. The van der Waals surface area contributed by atoms with Crippen LogP contribution < -0.4 is 24.8 Å². The molecule has 7 heteroatoms. The standard InChI is InChI=1S/C23H40N4O3/c1-6-24-23(25-12-10-14-27-13-9-8-11-18(27)3)26-17-19-15-20(28-4)22(30-7-2)21(16-19)29-5/h15-16,18H,6-14,17H2,1-5H3,(H2,24,25,26). The Hall–Kier alpha value is -2.15. The molecule has 0 saturated carbocycles. The summed E-state index contributed by atoms with van der Waals surface area (Å²) in [4.78, 5) is 7.34. The molecule has 1 saturated heterocycles. The van der Waals surface area contributed by atoms with Crippen LogP contribution in [-0.2, 0) is 6.54 Å². The van der Waals surface area contributed by atoms with Crippen LogP contribution in [-0.4, -0.2) is 63.9 Å². The number of guanidine groups is 1. The molecule has 0 aromatic heterocycles. The van der Waals surface area contributed by atoms with Crippen molar-refractivity contribution in [2.24, 2.45) is 4.99 Å². The van der Waals surface area contributed by atoms with E-state index in [9.17, 15) is 0 Å². The highest BCUT2D eigenvalue weighted by molar-refractivity contribution is 5.79. The van der Waals surface area contributed by atoms with E-state index in [-0.39, 0.29) is 0 Å². The molecule has 1 aromatic carbocycles. The average Bonchev–Trinajstić information content (AvgIpc) is 2.76. The van der Waals surface area contributed by atoms with Gasteiger partial charge in [0.15, 0.2) is 17.5 Å². The molecule has 0 spiro atoms. The number of hydrogen-bond donors (Lipinski definition) is 2. The van der Waals surface area contributed by atoms with E-state index >= 15 is 0 Å². The topological polar surface area (TPSA) is 67.4 Å². The Morgan fingerprint density at radius 2 is 1.87 bits per heavy atom. The Labute approximate surface area is 182 Å². The van der Waals surface area contributed by atoms with Gasteiger partial charge in [0.2, 0.25) is 5.75 Å². The summed E-state index contributed by atoms with van der Waals surface area (Å²) in [6, 6.07) is 4.63. The van der Waals surface area contributed by atoms with Gasteiger partial charge in [-0.2, -0.15) is 0 Å². The largest absolute Gasteiger partial charge is 0.493 e. The molecule has 1 heterocycles. The normalized spacial score (nSPS) is 17.5. The second-order valence-electron chi connectivity index (χ2n) is 7.62. The number of ether oxygens (including phenoxy) is 3. The Morgan fingerprint density at radius 1 is 1.13 bits per heavy atom. The molecule has 1 aliphatic rings. The van der Waals surface area contributed by atoms with E-state index in [0.717, 1.165) is 37.6 Å². The van der Waals surface area contributed by atoms with Crippen LogP contribution in [0.2, 0.25) is 0 Å². The minimum absolute atomic E-state index is 0.525. The molecule has 1 atom stereocenters. The van der Waals surface area contributed by atoms with Gasteiger partial charge < -0.3 is 29.7 Å². The molecule has 0 radical (unpaired) electrons. The van der Waals surface area contributed by atoms with Crippen molar-refractivity contribution >= 4 is 5.96 Å². The van der Waals surface area contributed by atoms with Crippen LogP contribution in [0.25, 0.3) is 0 Å². The highest BCUT2D eigenvalue weighted by atomic mass is 16.5. The number of nitrogens with zero attached hydrogens (tertiary/aromatic N) is 2. The predicted octanol–water partition coefficient (Wildman–Crippen LogP) is 3.42. The van der Waals surface area contributed by atoms with Crippen molar-refractivity contribution in [2.45, 2.75) is 59.0 Å². The van der Waals surface area contributed by atoms with Gasteiger partial charge in [-0.15, -0.1) is 0 Å². The fraction of sp³-hybridized carbons (Fsp3) is 0.696. The monoisotopic (exact) mass is 420 g/mol. The smallest absolute Gasteiger partial charge is 0.203 e. The maximum absolute atomic E-state index is 5.68. The Kier molecular flexibility index (Phi) is 10.6. The van der Waals surface area contributed by atoms with Crippen molar-refractivity contribution in [2.75, 3.05) is 47.0 Å². The first-order valence-electron chi connectivity index (χ1n) is 11.3. The first kappa shape index (κ1) is 24.1. The van der Waals surface area contributed by atoms with Crippen LogP contribution >= 0.6 is 0 Å². The van der Waals surface area contributed by atoms with Crippen LogP contribution in [0.1, 0.15) is 52.0 Å². The van der Waals surface area contributed by atoms with Crippen molar-refractivity contribution in [3.8, 4) is 17.2 Å². The van der Waals surface area contributed by atoms with Gasteiger partial charge in [-0.05, 0) is 64.3 Å². The second kappa shape index (κ2) is 13.2. The third kappa shape index (κ3) is 7.27. The minimum Gasteiger partial charge on any atom is -0.493 e. The maximum Gasteiger partial charge on any atom is 0.203 e. The second-order valence-corrected chi connectivity index (χ2v) is 7.62. The zero-order valence-electron chi connectivity index (χ0n) is 19.4. The summed E-state index contributed by atoms with van der Waals surface area (Å²) in [5, 5.41) is 6.79. The van der Waals surface area contributed by atoms with E-state index in [2.05, 4.69) is 29.4 Å². The summed E-state index contributed by atoms with van der Waals surface area (Å²) >= 11 is 0. The van der Waals surface area contributed by atoms with Gasteiger partial charge in [-0.1, -0.05) is 6.42 Å². The summed E-state index contributed by atoms with van der Waals surface area (Å²) < 4.78 is 16.7. The van der Waals surface area contributed by atoms with E-state index in [4.69, 9.17) is 19.2 Å². The SMILES string of the molecule is CCNC(=NCc1cc(OC)c(OCC)c(OC)c1)NCCCN1CCCCC1C. The number of hydrogen-bond acceptors (Lipinski definition) is 5. The fourth-order valence-electron chi connectivity index (χ4n) is 3.80. The summed E-state index contributed by atoms with van der Waals surface area (Å²) in [5.41, 5.74) is 1.01. The van der Waals surface area contributed by atoms with Crippen LogP contribution in [0.4, 0.5) is 0 Å². The third-order valence-electron chi connectivity index (χ3n) is 5.43. The Morgan fingerprint density at radius 3 is 2.47 bits per heavy atom. The first-order chi connectivity index (χ1) is 14.6. The fourth-order valence-corrected chi connectivity index (χ4v) is 3.80. The number of methoxy groups -OCH3 is 2. The van der Waals surface area contributed by atoms with Crippen LogP contribution in [0.15, 0.2) is 17.1 Å². The molecule has 0 aliphatic carbocycles. The molecule has 170 valence electrons. The van der Waals surface area contributed by atoms with Crippen LogP contribution in [0, 0.1) is 0 Å². The average molecular weight is 421 g/mol. The molecule has 1 aromatic rings. The molecule has 1 unspecified atom stereocenters. The van der Waals surface area contributed by atoms with E-state index in [0.29, 0.717) is 36.4 Å². The lowest BCUT2D eigenvalue weighted by molar-refractivity contribution is 0.159.